The van der Waals surface area contributed by atoms with Gasteiger partial charge in [-0.1, -0.05) is 46.3 Å². The number of pyridine rings is 1. The maximum absolute atomic E-state index is 13.4. The number of fused-ring (bicyclic) bond motifs is 1. The number of halogens is 1. The predicted molar refractivity (Wildman–Crippen MR) is 133 cm³/mol. The number of nitrogens with zero attached hydrogens (tertiary/aromatic N) is 1. The number of hydrogen-bond donors (Lipinski definition) is 1. The molecule has 1 heterocycles. The van der Waals surface area contributed by atoms with Gasteiger partial charge in [-0.25, -0.2) is 4.79 Å². The third kappa shape index (κ3) is 5.71. The van der Waals surface area contributed by atoms with E-state index in [1.165, 1.54) is 11.7 Å². The highest BCUT2D eigenvalue weighted by Gasteiger charge is 2.24. The molecule has 2 aromatic carbocycles. The summed E-state index contributed by atoms with van der Waals surface area (Å²) < 4.78 is 7.33. The monoisotopic (exact) mass is 508 g/mol. The number of methoxy groups -OCH3 is 1. The molecule has 0 spiro atoms. The first-order valence-corrected chi connectivity index (χ1v) is 11.5. The van der Waals surface area contributed by atoms with E-state index >= 15 is 0 Å². The normalized spacial score (nSPS) is 10.6. The van der Waals surface area contributed by atoms with Crippen LogP contribution in [0.3, 0.4) is 0 Å². The van der Waals surface area contributed by atoms with E-state index in [4.69, 9.17) is 11.2 Å². The van der Waals surface area contributed by atoms with Crippen molar-refractivity contribution in [1.82, 2.24) is 9.88 Å². The molecule has 0 bridgehead atoms. The van der Waals surface area contributed by atoms with Crippen molar-refractivity contribution in [3.05, 3.63) is 69.1 Å². The van der Waals surface area contributed by atoms with Gasteiger partial charge < -0.3 is 14.6 Å². The number of ether oxygens (including phenoxy) is 1. The van der Waals surface area contributed by atoms with Gasteiger partial charge in [0.25, 0.3) is 5.56 Å². The summed E-state index contributed by atoms with van der Waals surface area (Å²) in [5.74, 6) is 1.84. The molecule has 0 aliphatic heterocycles. The van der Waals surface area contributed by atoms with E-state index in [0.29, 0.717) is 48.6 Å². The van der Waals surface area contributed by atoms with Crippen molar-refractivity contribution in [2.45, 2.75) is 32.2 Å². The number of amides is 1. The molecule has 0 aliphatic rings. The summed E-state index contributed by atoms with van der Waals surface area (Å²) in [6, 6.07) is 14.8. The van der Waals surface area contributed by atoms with E-state index in [-0.39, 0.29) is 23.7 Å². The first-order valence-electron chi connectivity index (χ1n) is 10.7. The molecule has 6 nitrogen and oxygen atoms in total. The summed E-state index contributed by atoms with van der Waals surface area (Å²) in [5.41, 5.74) is 1.35. The Hall–Kier alpha value is -3.37. The fraction of sp³-hybridized carbons (Fsp3) is 0.269. The minimum absolute atomic E-state index is 0.0841. The van der Waals surface area contributed by atoms with Crippen LogP contribution in [0.4, 0.5) is 0 Å². The lowest BCUT2D eigenvalue weighted by molar-refractivity contribution is -0.121. The van der Waals surface area contributed by atoms with Crippen LogP contribution < -0.4 is 10.9 Å². The number of rotatable bonds is 9. The lowest BCUT2D eigenvalue weighted by Crippen LogP contribution is -2.30. The van der Waals surface area contributed by atoms with Gasteiger partial charge in [-0.2, -0.15) is 0 Å². The van der Waals surface area contributed by atoms with Crippen LogP contribution in [-0.2, 0) is 16.1 Å². The Bertz CT molecular complexity index is 1260. The molecule has 0 saturated heterocycles. The first kappa shape index (κ1) is 24.3. The molecule has 0 aliphatic carbocycles. The van der Waals surface area contributed by atoms with Gasteiger partial charge in [-0.3, -0.25) is 9.59 Å². The van der Waals surface area contributed by atoms with Gasteiger partial charge in [-0.05, 0) is 42.0 Å². The van der Waals surface area contributed by atoms with Gasteiger partial charge >= 0.3 is 5.97 Å². The lowest BCUT2D eigenvalue weighted by Gasteiger charge is -2.19. The Morgan fingerprint density at radius 1 is 1.12 bits per heavy atom. The number of terminal acetylenes is 1. The second kappa shape index (κ2) is 11.5. The Morgan fingerprint density at radius 3 is 2.58 bits per heavy atom. The number of carbonyl (C=O) groups excluding carboxylic acids is 2. The number of esters is 1. The number of nitrogens with one attached hydrogen (secondary N) is 1. The van der Waals surface area contributed by atoms with Gasteiger partial charge in [0.15, 0.2) is 0 Å². The third-order valence-electron chi connectivity index (χ3n) is 5.28. The molecule has 7 heteroatoms. The summed E-state index contributed by atoms with van der Waals surface area (Å²) in [4.78, 5) is 38.3. The lowest BCUT2D eigenvalue weighted by atomic mass is 9.96. The minimum Gasteiger partial charge on any atom is -0.464 e. The summed E-state index contributed by atoms with van der Waals surface area (Å²) in [6.07, 6.45) is 7.24. The topological polar surface area (TPSA) is 77.4 Å². The fourth-order valence-electron chi connectivity index (χ4n) is 3.74. The summed E-state index contributed by atoms with van der Waals surface area (Å²) in [5, 5.41) is 4.01. The van der Waals surface area contributed by atoms with E-state index in [1.54, 1.807) is 12.1 Å². The van der Waals surface area contributed by atoms with Crippen LogP contribution in [0.15, 0.2) is 57.8 Å². The second-order valence-corrected chi connectivity index (χ2v) is 8.40. The molecule has 1 N–H and O–H groups in total. The van der Waals surface area contributed by atoms with Crippen molar-refractivity contribution in [2.24, 2.45) is 0 Å². The predicted octanol–water partition coefficient (Wildman–Crippen LogP) is 4.53. The molecular formula is C26H25BrN2O4. The van der Waals surface area contributed by atoms with E-state index < -0.39 is 5.97 Å². The molecule has 1 amide bonds. The molecule has 0 fully saturated rings. The van der Waals surface area contributed by atoms with Crippen molar-refractivity contribution < 1.29 is 14.3 Å². The number of benzene rings is 2. The quantitative estimate of drug-likeness (QED) is 0.261. The number of hydrogen-bond acceptors (Lipinski definition) is 4. The van der Waals surface area contributed by atoms with Crippen LogP contribution in [0.5, 0.6) is 0 Å². The largest absolute Gasteiger partial charge is 0.464 e. The van der Waals surface area contributed by atoms with Crippen molar-refractivity contribution in [1.29, 1.82) is 0 Å². The van der Waals surface area contributed by atoms with Gasteiger partial charge in [0.2, 0.25) is 5.91 Å². The Balaban J connectivity index is 2.02. The zero-order valence-electron chi connectivity index (χ0n) is 18.4. The average molecular weight is 509 g/mol. The molecule has 3 rings (SSSR count). The highest BCUT2D eigenvalue weighted by Crippen LogP contribution is 2.33. The van der Waals surface area contributed by atoms with Crippen molar-refractivity contribution in [3.8, 4) is 23.5 Å². The molecular weight excluding hydrogens is 484 g/mol. The van der Waals surface area contributed by atoms with E-state index in [1.807, 2.05) is 36.4 Å². The zero-order valence-corrected chi connectivity index (χ0v) is 20.0. The van der Waals surface area contributed by atoms with Gasteiger partial charge in [-0.15, -0.1) is 12.3 Å². The average Bonchev–Trinajstić information content (AvgIpc) is 2.82. The molecule has 33 heavy (non-hydrogen) atoms. The Morgan fingerprint density at radius 2 is 1.88 bits per heavy atom. The van der Waals surface area contributed by atoms with E-state index in [2.05, 4.69) is 27.2 Å². The highest BCUT2D eigenvalue weighted by atomic mass is 79.9. The highest BCUT2D eigenvalue weighted by molar-refractivity contribution is 9.10. The van der Waals surface area contributed by atoms with E-state index in [0.717, 1.165) is 10.0 Å². The molecule has 0 unspecified atom stereocenters. The Labute approximate surface area is 201 Å². The summed E-state index contributed by atoms with van der Waals surface area (Å²) >= 11 is 3.47. The number of carbonyl (C=O) groups is 2. The molecule has 170 valence electrons. The molecule has 0 saturated carbocycles. The SMILES string of the molecule is C#CCCCC(=O)NCCCn1c(C(=O)OC)c(-c2ccccc2)c2cc(Br)ccc2c1=O. The van der Waals surface area contributed by atoms with Crippen molar-refractivity contribution >= 4 is 38.6 Å². The zero-order chi connectivity index (χ0) is 23.8. The van der Waals surface area contributed by atoms with Gasteiger partial charge in [0, 0.05) is 41.4 Å². The summed E-state index contributed by atoms with van der Waals surface area (Å²) in [7, 11) is 1.30. The van der Waals surface area contributed by atoms with Crippen LogP contribution in [0.1, 0.15) is 36.2 Å². The van der Waals surface area contributed by atoms with Crippen LogP contribution in [0, 0.1) is 12.3 Å². The third-order valence-corrected chi connectivity index (χ3v) is 5.77. The maximum atomic E-state index is 13.4. The minimum atomic E-state index is -0.592. The van der Waals surface area contributed by atoms with Crippen LogP contribution >= 0.6 is 15.9 Å². The molecule has 1 aromatic heterocycles. The standard InChI is InChI=1S/C26H25BrN2O4/c1-3-4-6-12-22(30)28-15-9-16-29-24(26(32)33-2)23(18-10-7-5-8-11-18)21-17-19(27)13-14-20(21)25(29)31/h1,5,7-8,10-11,13-14,17H,4,6,9,12,15-16H2,2H3,(H,28,30). The summed E-state index contributed by atoms with van der Waals surface area (Å²) in [6.45, 7) is 0.626. The molecule has 0 radical (unpaired) electrons. The Kier molecular flexibility index (Phi) is 8.45. The second-order valence-electron chi connectivity index (χ2n) is 7.49. The first-order chi connectivity index (χ1) is 16.0. The maximum Gasteiger partial charge on any atom is 0.355 e. The fourth-order valence-corrected chi connectivity index (χ4v) is 4.10. The van der Waals surface area contributed by atoms with Crippen LogP contribution in [0.25, 0.3) is 21.9 Å². The molecule has 0 atom stereocenters. The van der Waals surface area contributed by atoms with Crippen LogP contribution in [0.2, 0.25) is 0 Å². The van der Waals surface area contributed by atoms with Gasteiger partial charge in [0.05, 0.1) is 7.11 Å². The van der Waals surface area contributed by atoms with Crippen molar-refractivity contribution in [3.63, 3.8) is 0 Å². The number of unbranched alkanes of at least 4 members (excludes halogenated alkanes) is 1. The van der Waals surface area contributed by atoms with E-state index in [9.17, 15) is 14.4 Å². The van der Waals surface area contributed by atoms with Crippen LogP contribution in [-0.4, -0.2) is 30.1 Å². The smallest absolute Gasteiger partial charge is 0.355 e. The van der Waals surface area contributed by atoms with Crippen molar-refractivity contribution in [2.75, 3.05) is 13.7 Å². The molecule has 3 aromatic rings. The van der Waals surface area contributed by atoms with Gasteiger partial charge in [0.1, 0.15) is 5.69 Å². The number of aromatic nitrogens is 1.